The number of alkyl halides is 1. The lowest BCUT2D eigenvalue weighted by atomic mass is 10.0. The van der Waals surface area contributed by atoms with Gasteiger partial charge >= 0.3 is 5.97 Å². The van der Waals surface area contributed by atoms with Crippen LogP contribution >= 0.6 is 15.9 Å². The van der Waals surface area contributed by atoms with Crippen molar-refractivity contribution in [2.75, 3.05) is 157 Å². The van der Waals surface area contributed by atoms with Crippen molar-refractivity contribution in [3.63, 3.8) is 0 Å². The predicted octanol–water partition coefficient (Wildman–Crippen LogP) is 7.37. The zero-order valence-corrected chi connectivity index (χ0v) is 37.1. The first-order chi connectivity index (χ1) is 27.8. The summed E-state index contributed by atoms with van der Waals surface area (Å²) < 4.78 is 65.3. The number of carbonyl (C=O) groups excluding carboxylic acids is 1. The fraction of sp³-hybridized carbons (Fsp3) is 0.976. The molecule has 0 unspecified atom stereocenters. The molecule has 0 saturated heterocycles. The second-order valence-electron chi connectivity index (χ2n) is 13.3. The standard InChI is InChI=1S/C42H83BrO13/c1-2-3-4-5-6-7-8-9-10-11-12-13-14-15-16-17-42(44)56-41-40-55-39-38-54-37-36-53-35-34-52-33-32-51-31-30-50-29-28-49-27-26-48-25-24-47-23-22-46-21-20-45-19-18-43/h2-41H2,1H3. The Bertz CT molecular complexity index is 726. The summed E-state index contributed by atoms with van der Waals surface area (Å²) in [5.41, 5.74) is 0. The van der Waals surface area contributed by atoms with E-state index in [4.69, 9.17) is 56.8 Å². The van der Waals surface area contributed by atoms with E-state index < -0.39 is 0 Å². The van der Waals surface area contributed by atoms with E-state index in [0.29, 0.717) is 152 Å². The minimum atomic E-state index is -0.130. The maximum Gasteiger partial charge on any atom is 0.305 e. The number of carbonyl (C=O) groups is 1. The van der Waals surface area contributed by atoms with Gasteiger partial charge in [0, 0.05) is 11.8 Å². The van der Waals surface area contributed by atoms with Crippen molar-refractivity contribution in [3.8, 4) is 0 Å². The van der Waals surface area contributed by atoms with Crippen LogP contribution in [0.15, 0.2) is 0 Å². The van der Waals surface area contributed by atoms with E-state index >= 15 is 0 Å². The zero-order valence-electron chi connectivity index (χ0n) is 35.5. The Labute approximate surface area is 349 Å². The van der Waals surface area contributed by atoms with Crippen molar-refractivity contribution in [1.82, 2.24) is 0 Å². The third-order valence-electron chi connectivity index (χ3n) is 8.42. The first-order valence-corrected chi connectivity index (χ1v) is 23.0. The van der Waals surface area contributed by atoms with Crippen LogP contribution < -0.4 is 0 Å². The highest BCUT2D eigenvalue weighted by Crippen LogP contribution is 2.14. The summed E-state index contributed by atoms with van der Waals surface area (Å²) in [5.74, 6) is -0.130. The lowest BCUT2D eigenvalue weighted by Gasteiger charge is -2.09. The number of hydrogen-bond donors (Lipinski definition) is 0. The Kier molecular flexibility index (Phi) is 52.1. The quantitative estimate of drug-likeness (QED) is 0.0343. The molecule has 0 radical (unpaired) electrons. The Morgan fingerprint density at radius 3 is 0.768 bits per heavy atom. The van der Waals surface area contributed by atoms with Gasteiger partial charge in [0.25, 0.3) is 0 Å². The lowest BCUT2D eigenvalue weighted by molar-refractivity contribution is -0.145. The number of halogens is 1. The summed E-state index contributed by atoms with van der Waals surface area (Å²) in [7, 11) is 0. The van der Waals surface area contributed by atoms with Gasteiger partial charge in [0.05, 0.1) is 145 Å². The molecule has 0 heterocycles. The van der Waals surface area contributed by atoms with Crippen LogP contribution in [0.25, 0.3) is 0 Å². The minimum absolute atomic E-state index is 0.130. The van der Waals surface area contributed by atoms with E-state index in [0.717, 1.165) is 18.2 Å². The molecule has 0 aromatic rings. The van der Waals surface area contributed by atoms with Crippen LogP contribution in [0.5, 0.6) is 0 Å². The molecule has 14 heteroatoms. The van der Waals surface area contributed by atoms with E-state index in [2.05, 4.69) is 22.9 Å². The average molecular weight is 876 g/mol. The Balaban J connectivity index is 3.12. The van der Waals surface area contributed by atoms with Crippen molar-refractivity contribution in [2.24, 2.45) is 0 Å². The fourth-order valence-electron chi connectivity index (χ4n) is 5.28. The van der Waals surface area contributed by atoms with Crippen LogP contribution in [-0.4, -0.2) is 163 Å². The van der Waals surface area contributed by atoms with Crippen molar-refractivity contribution in [1.29, 1.82) is 0 Å². The molecule has 0 aliphatic rings. The van der Waals surface area contributed by atoms with Gasteiger partial charge in [-0.1, -0.05) is 113 Å². The summed E-state index contributed by atoms with van der Waals surface area (Å²) in [6.45, 7) is 13.9. The number of hydrogen-bond acceptors (Lipinski definition) is 13. The first kappa shape index (κ1) is 55.5. The maximum absolute atomic E-state index is 11.9. The Morgan fingerprint density at radius 2 is 0.518 bits per heavy atom. The molecule has 0 amide bonds. The molecule has 336 valence electrons. The van der Waals surface area contributed by atoms with E-state index in [9.17, 15) is 4.79 Å². The number of ether oxygens (including phenoxy) is 12. The molecule has 0 aromatic carbocycles. The van der Waals surface area contributed by atoms with Crippen molar-refractivity contribution >= 4 is 21.9 Å². The Morgan fingerprint density at radius 1 is 0.304 bits per heavy atom. The van der Waals surface area contributed by atoms with Crippen LogP contribution in [0, 0.1) is 0 Å². The van der Waals surface area contributed by atoms with Gasteiger partial charge in [-0.3, -0.25) is 4.79 Å². The van der Waals surface area contributed by atoms with Crippen LogP contribution in [0.4, 0.5) is 0 Å². The predicted molar refractivity (Wildman–Crippen MR) is 223 cm³/mol. The molecule has 0 atom stereocenters. The Hall–Kier alpha value is -0.490. The third-order valence-corrected chi connectivity index (χ3v) is 8.74. The van der Waals surface area contributed by atoms with Gasteiger partial charge in [-0.25, -0.2) is 0 Å². The normalized spacial score (nSPS) is 11.5. The molecule has 0 saturated carbocycles. The highest BCUT2D eigenvalue weighted by atomic mass is 79.9. The van der Waals surface area contributed by atoms with E-state index in [1.165, 1.54) is 83.5 Å². The van der Waals surface area contributed by atoms with E-state index in [1.54, 1.807) is 0 Å². The summed E-state index contributed by atoms with van der Waals surface area (Å²) in [6.07, 6.45) is 20.2. The fourth-order valence-corrected chi connectivity index (χ4v) is 5.51. The van der Waals surface area contributed by atoms with Gasteiger partial charge in [-0.2, -0.15) is 0 Å². The van der Waals surface area contributed by atoms with Gasteiger partial charge in [-0.05, 0) is 6.42 Å². The van der Waals surface area contributed by atoms with Crippen molar-refractivity contribution in [2.45, 2.75) is 110 Å². The van der Waals surface area contributed by atoms with Crippen LogP contribution in [0.1, 0.15) is 110 Å². The molecule has 0 bridgehead atoms. The lowest BCUT2D eigenvalue weighted by Crippen LogP contribution is -2.15. The third kappa shape index (κ3) is 51.5. The summed E-state index contributed by atoms with van der Waals surface area (Å²) in [6, 6.07) is 0. The van der Waals surface area contributed by atoms with E-state index in [-0.39, 0.29) is 12.6 Å². The molecule has 0 spiro atoms. The molecule has 0 aromatic heterocycles. The smallest absolute Gasteiger partial charge is 0.305 e. The average Bonchev–Trinajstić information content (AvgIpc) is 3.20. The maximum atomic E-state index is 11.9. The van der Waals surface area contributed by atoms with Crippen LogP contribution in [0.2, 0.25) is 0 Å². The summed E-state index contributed by atoms with van der Waals surface area (Å²) >= 11 is 3.30. The second-order valence-corrected chi connectivity index (χ2v) is 14.1. The van der Waals surface area contributed by atoms with Gasteiger partial charge in [0.15, 0.2) is 0 Å². The molecule has 0 aliphatic carbocycles. The summed E-state index contributed by atoms with van der Waals surface area (Å²) in [5, 5.41) is 0.836. The second kappa shape index (κ2) is 52.5. The topological polar surface area (TPSA) is 128 Å². The molecule has 0 aliphatic heterocycles. The molecule has 0 fully saturated rings. The van der Waals surface area contributed by atoms with E-state index in [1.807, 2.05) is 0 Å². The van der Waals surface area contributed by atoms with Crippen molar-refractivity contribution in [3.05, 3.63) is 0 Å². The van der Waals surface area contributed by atoms with Gasteiger partial charge in [0.1, 0.15) is 6.61 Å². The van der Waals surface area contributed by atoms with Crippen molar-refractivity contribution < 1.29 is 61.6 Å². The molecule has 56 heavy (non-hydrogen) atoms. The number of esters is 1. The molecular formula is C42H83BrO13. The summed E-state index contributed by atoms with van der Waals surface area (Å²) in [4.78, 5) is 11.9. The highest BCUT2D eigenvalue weighted by Gasteiger charge is 2.03. The number of rotatable bonds is 51. The molecule has 13 nitrogen and oxygen atoms in total. The van der Waals surface area contributed by atoms with Gasteiger partial charge in [0.2, 0.25) is 0 Å². The van der Waals surface area contributed by atoms with Crippen LogP contribution in [0.3, 0.4) is 0 Å². The molecular weight excluding hydrogens is 792 g/mol. The highest BCUT2D eigenvalue weighted by molar-refractivity contribution is 9.09. The van der Waals surface area contributed by atoms with Gasteiger partial charge < -0.3 is 56.8 Å². The first-order valence-electron chi connectivity index (χ1n) is 21.9. The minimum Gasteiger partial charge on any atom is -0.463 e. The molecule has 0 N–H and O–H groups in total. The SMILES string of the molecule is CCCCCCCCCCCCCCCCCC(=O)OCCOCCOCCOCCOCCOCCOCCOCCOCCOCCOCCOCCBr. The van der Waals surface area contributed by atoms with Crippen LogP contribution in [-0.2, 0) is 61.6 Å². The van der Waals surface area contributed by atoms with Gasteiger partial charge in [-0.15, -0.1) is 0 Å². The largest absolute Gasteiger partial charge is 0.463 e. The number of unbranched alkanes of at least 4 members (excludes halogenated alkanes) is 14. The monoisotopic (exact) mass is 875 g/mol. The zero-order chi connectivity index (χ0) is 40.3. The molecule has 0 rings (SSSR count).